The molecule has 0 bridgehead atoms. The molecule has 8 heteroatoms. The summed E-state index contributed by atoms with van der Waals surface area (Å²) in [6, 6.07) is -0.123. The molecule has 1 aliphatic carbocycles. The predicted molar refractivity (Wildman–Crippen MR) is 87.4 cm³/mol. The van der Waals surface area contributed by atoms with Crippen LogP contribution in [0.3, 0.4) is 0 Å². The number of aliphatic carboxylic acids is 1. The lowest BCUT2D eigenvalue weighted by Crippen LogP contribution is -2.45. The van der Waals surface area contributed by atoms with E-state index in [1.54, 1.807) is 0 Å². The van der Waals surface area contributed by atoms with Crippen molar-refractivity contribution in [3.63, 3.8) is 0 Å². The summed E-state index contributed by atoms with van der Waals surface area (Å²) < 4.78 is 26.9. The van der Waals surface area contributed by atoms with Crippen LogP contribution in [0.25, 0.3) is 0 Å². The molecule has 23 heavy (non-hydrogen) atoms. The molecule has 0 saturated heterocycles. The van der Waals surface area contributed by atoms with Gasteiger partial charge in [0.15, 0.2) is 0 Å². The number of carboxylic acids is 1. The number of carbonyl (C=O) groups is 2. The van der Waals surface area contributed by atoms with Crippen molar-refractivity contribution in [1.82, 2.24) is 9.62 Å². The van der Waals surface area contributed by atoms with Crippen molar-refractivity contribution in [3.8, 4) is 0 Å². The number of hydrogen-bond acceptors (Lipinski definition) is 4. The summed E-state index contributed by atoms with van der Waals surface area (Å²) in [5.41, 5.74) is 0. The molecule has 0 heterocycles. The van der Waals surface area contributed by atoms with Crippen LogP contribution in [-0.4, -0.2) is 55.2 Å². The number of nitrogens with zero attached hydrogens (tertiary/aromatic N) is 1. The fourth-order valence-electron chi connectivity index (χ4n) is 2.79. The molecule has 1 rings (SSSR count). The van der Waals surface area contributed by atoms with Gasteiger partial charge in [-0.25, -0.2) is 13.1 Å². The van der Waals surface area contributed by atoms with E-state index >= 15 is 0 Å². The van der Waals surface area contributed by atoms with E-state index < -0.39 is 34.2 Å². The van der Waals surface area contributed by atoms with Crippen molar-refractivity contribution >= 4 is 21.9 Å². The second kappa shape index (κ2) is 8.63. The number of rotatable bonds is 8. The molecule has 7 nitrogen and oxygen atoms in total. The van der Waals surface area contributed by atoms with Crippen LogP contribution in [-0.2, 0) is 19.6 Å². The van der Waals surface area contributed by atoms with E-state index in [4.69, 9.17) is 5.11 Å². The van der Waals surface area contributed by atoms with Crippen molar-refractivity contribution < 1.29 is 23.1 Å². The molecule has 134 valence electrons. The lowest BCUT2D eigenvalue weighted by atomic mass is 9.88. The van der Waals surface area contributed by atoms with Crippen LogP contribution in [0, 0.1) is 11.8 Å². The highest BCUT2D eigenvalue weighted by Gasteiger charge is 2.27. The van der Waals surface area contributed by atoms with Gasteiger partial charge in [-0.1, -0.05) is 20.8 Å². The van der Waals surface area contributed by atoms with Crippen LogP contribution >= 0.6 is 0 Å². The summed E-state index contributed by atoms with van der Waals surface area (Å²) >= 11 is 0. The molecule has 0 aromatic heterocycles. The van der Waals surface area contributed by atoms with E-state index in [1.165, 1.54) is 0 Å². The van der Waals surface area contributed by atoms with Crippen molar-refractivity contribution in [2.45, 2.75) is 52.5 Å². The van der Waals surface area contributed by atoms with Crippen molar-refractivity contribution in [2.24, 2.45) is 11.8 Å². The van der Waals surface area contributed by atoms with Gasteiger partial charge < -0.3 is 10.0 Å². The van der Waals surface area contributed by atoms with E-state index in [-0.39, 0.29) is 18.5 Å². The number of amides is 1. The van der Waals surface area contributed by atoms with E-state index in [1.807, 2.05) is 13.8 Å². The average molecular weight is 348 g/mol. The third kappa shape index (κ3) is 7.78. The Bertz CT molecular complexity index is 510. The fourth-order valence-corrected chi connectivity index (χ4v) is 4.12. The SMILES string of the molecule is CC(C)CN(CC(=O)O)C(=O)CS(=O)(=O)NC1CCC(C)CC1. The van der Waals surface area contributed by atoms with E-state index in [9.17, 15) is 18.0 Å². The maximum atomic E-state index is 12.2. The minimum Gasteiger partial charge on any atom is -0.480 e. The second-order valence-electron chi connectivity index (χ2n) is 6.90. The Hall–Kier alpha value is -1.15. The summed E-state index contributed by atoms with van der Waals surface area (Å²) in [6.07, 6.45) is 3.50. The molecule has 0 spiro atoms. The monoisotopic (exact) mass is 348 g/mol. The maximum Gasteiger partial charge on any atom is 0.323 e. The standard InChI is InChI=1S/C15H28N2O5S/c1-11(2)8-17(9-15(19)20)14(18)10-23(21,22)16-13-6-4-12(3)5-7-13/h11-13,16H,4-10H2,1-3H3,(H,19,20). The van der Waals surface area contributed by atoms with Gasteiger partial charge in [0.2, 0.25) is 15.9 Å². The Kier molecular flexibility index (Phi) is 7.47. The molecule has 2 N–H and O–H groups in total. The summed E-state index contributed by atoms with van der Waals surface area (Å²) in [4.78, 5) is 24.1. The van der Waals surface area contributed by atoms with Gasteiger partial charge in [-0.2, -0.15) is 0 Å². The summed E-state index contributed by atoms with van der Waals surface area (Å²) in [6.45, 7) is 5.58. The molecular weight excluding hydrogens is 320 g/mol. The lowest BCUT2D eigenvalue weighted by Gasteiger charge is -2.27. The molecule has 1 amide bonds. The third-order valence-electron chi connectivity index (χ3n) is 3.94. The highest BCUT2D eigenvalue weighted by Crippen LogP contribution is 2.23. The first-order valence-corrected chi connectivity index (χ1v) is 9.74. The van der Waals surface area contributed by atoms with E-state index in [0.717, 1.165) is 30.6 Å². The first kappa shape index (κ1) is 19.9. The second-order valence-corrected chi connectivity index (χ2v) is 8.65. The van der Waals surface area contributed by atoms with Crippen LogP contribution in [0.1, 0.15) is 46.5 Å². The zero-order chi connectivity index (χ0) is 17.6. The summed E-state index contributed by atoms with van der Waals surface area (Å²) in [7, 11) is -3.75. The highest BCUT2D eigenvalue weighted by atomic mass is 32.2. The molecule has 1 fully saturated rings. The lowest BCUT2D eigenvalue weighted by molar-refractivity contribution is -0.143. The number of carbonyl (C=O) groups excluding carboxylic acids is 1. The number of nitrogens with one attached hydrogen (secondary N) is 1. The van der Waals surface area contributed by atoms with E-state index in [0.29, 0.717) is 5.92 Å². The summed E-state index contributed by atoms with van der Waals surface area (Å²) in [5, 5.41) is 8.87. The van der Waals surface area contributed by atoms with Gasteiger partial charge in [-0.15, -0.1) is 0 Å². The topological polar surface area (TPSA) is 104 Å². The molecule has 1 aliphatic rings. The van der Waals surface area contributed by atoms with Crippen molar-refractivity contribution in [2.75, 3.05) is 18.8 Å². The Balaban J connectivity index is 2.62. The van der Waals surface area contributed by atoms with Gasteiger partial charge >= 0.3 is 5.97 Å². The molecule has 0 atom stereocenters. The van der Waals surface area contributed by atoms with Crippen LogP contribution in [0.5, 0.6) is 0 Å². The summed E-state index contributed by atoms with van der Waals surface area (Å²) in [5.74, 6) is -1.84. The number of carboxylic acid groups (broad SMARTS) is 1. The van der Waals surface area contributed by atoms with Gasteiger partial charge in [0, 0.05) is 12.6 Å². The first-order valence-electron chi connectivity index (χ1n) is 8.08. The minimum atomic E-state index is -3.75. The van der Waals surface area contributed by atoms with Crippen molar-refractivity contribution in [1.29, 1.82) is 0 Å². The Morgan fingerprint density at radius 3 is 2.26 bits per heavy atom. The number of hydrogen-bond donors (Lipinski definition) is 2. The molecule has 0 aromatic rings. The van der Waals surface area contributed by atoms with Gasteiger partial charge in [0.05, 0.1) is 0 Å². The maximum absolute atomic E-state index is 12.2. The largest absolute Gasteiger partial charge is 0.480 e. The van der Waals surface area contributed by atoms with Gasteiger partial charge in [-0.05, 0) is 37.5 Å². The fraction of sp³-hybridized carbons (Fsp3) is 0.867. The quantitative estimate of drug-likeness (QED) is 0.682. The highest BCUT2D eigenvalue weighted by molar-refractivity contribution is 7.90. The van der Waals surface area contributed by atoms with Crippen LogP contribution < -0.4 is 4.72 Å². The van der Waals surface area contributed by atoms with Crippen LogP contribution in [0.2, 0.25) is 0 Å². The van der Waals surface area contributed by atoms with Gasteiger partial charge in [0.1, 0.15) is 12.3 Å². The molecule has 0 aliphatic heterocycles. The minimum absolute atomic E-state index is 0.0637. The molecule has 0 unspecified atom stereocenters. The van der Waals surface area contributed by atoms with Crippen LogP contribution in [0.15, 0.2) is 0 Å². The first-order chi connectivity index (χ1) is 10.6. The zero-order valence-corrected chi connectivity index (χ0v) is 14.9. The molecule has 0 aromatic carbocycles. The van der Waals surface area contributed by atoms with Gasteiger partial charge in [-0.3, -0.25) is 9.59 Å². The smallest absolute Gasteiger partial charge is 0.323 e. The van der Waals surface area contributed by atoms with E-state index in [2.05, 4.69) is 11.6 Å². The Morgan fingerprint density at radius 2 is 1.78 bits per heavy atom. The molecule has 0 radical (unpaired) electrons. The third-order valence-corrected chi connectivity index (χ3v) is 5.26. The zero-order valence-electron chi connectivity index (χ0n) is 14.1. The molecular formula is C15H28N2O5S. The Labute approximate surface area is 138 Å². The average Bonchev–Trinajstić information content (AvgIpc) is 2.38. The van der Waals surface area contributed by atoms with Crippen molar-refractivity contribution in [3.05, 3.63) is 0 Å². The molecule has 1 saturated carbocycles. The van der Waals surface area contributed by atoms with Gasteiger partial charge in [0.25, 0.3) is 0 Å². The number of sulfonamides is 1. The predicted octanol–water partition coefficient (Wildman–Crippen LogP) is 1.05. The normalized spacial score (nSPS) is 22.1. The van der Waals surface area contributed by atoms with Crippen LogP contribution in [0.4, 0.5) is 0 Å². The Morgan fingerprint density at radius 1 is 1.22 bits per heavy atom.